The molecule has 0 unspecified atom stereocenters. The lowest BCUT2D eigenvalue weighted by atomic mass is 10.2. The van der Waals surface area contributed by atoms with Gasteiger partial charge in [0.25, 0.3) is 0 Å². The normalized spacial score (nSPS) is 23.5. The van der Waals surface area contributed by atoms with E-state index in [-0.39, 0.29) is 0 Å². The fourth-order valence-corrected chi connectivity index (χ4v) is 2.80. The van der Waals surface area contributed by atoms with Crippen LogP contribution in [0.3, 0.4) is 0 Å². The molecule has 2 aliphatic rings. The van der Waals surface area contributed by atoms with Crippen molar-refractivity contribution in [3.05, 3.63) is 0 Å². The Labute approximate surface area is 107 Å². The zero-order valence-electron chi connectivity index (χ0n) is 11.6. The van der Waals surface area contributed by atoms with Crippen molar-refractivity contribution >= 4 is 0 Å². The Morgan fingerprint density at radius 2 is 1.71 bits per heavy atom. The van der Waals surface area contributed by atoms with E-state index in [1.807, 2.05) is 0 Å². The van der Waals surface area contributed by atoms with E-state index >= 15 is 0 Å². The largest absolute Gasteiger partial charge is 0.313 e. The molecule has 3 heteroatoms. The lowest BCUT2D eigenvalue weighted by Gasteiger charge is -2.35. The summed E-state index contributed by atoms with van der Waals surface area (Å²) in [5.74, 6) is 0. The minimum atomic E-state index is 0.725. The van der Waals surface area contributed by atoms with Gasteiger partial charge in [0.05, 0.1) is 0 Å². The van der Waals surface area contributed by atoms with Gasteiger partial charge in [0.1, 0.15) is 0 Å². The Morgan fingerprint density at radius 1 is 1.06 bits per heavy atom. The predicted octanol–water partition coefficient (Wildman–Crippen LogP) is 1.54. The molecule has 0 spiro atoms. The van der Waals surface area contributed by atoms with Crippen LogP contribution in [0.1, 0.15) is 39.5 Å². The highest BCUT2D eigenvalue weighted by Crippen LogP contribution is 2.27. The van der Waals surface area contributed by atoms with Gasteiger partial charge in [0, 0.05) is 51.4 Å². The second kappa shape index (κ2) is 6.72. The molecule has 0 aromatic heterocycles. The van der Waals surface area contributed by atoms with Gasteiger partial charge in [-0.25, -0.2) is 0 Å². The lowest BCUT2D eigenvalue weighted by Crippen LogP contribution is -2.49. The van der Waals surface area contributed by atoms with E-state index in [1.165, 1.54) is 58.4 Å². The fourth-order valence-electron chi connectivity index (χ4n) is 2.80. The summed E-state index contributed by atoms with van der Waals surface area (Å²) in [4.78, 5) is 5.30. The second-order valence-corrected chi connectivity index (χ2v) is 5.58. The highest BCUT2D eigenvalue weighted by Gasteiger charge is 2.30. The van der Waals surface area contributed by atoms with Crippen molar-refractivity contribution in [3.63, 3.8) is 0 Å². The summed E-state index contributed by atoms with van der Waals surface area (Å²) in [6.07, 6.45) is 5.42. The maximum Gasteiger partial charge on any atom is 0.0113 e. The van der Waals surface area contributed by atoms with E-state index in [4.69, 9.17) is 0 Å². The van der Waals surface area contributed by atoms with Crippen LogP contribution in [0.15, 0.2) is 0 Å². The Bertz CT molecular complexity index is 204. The minimum Gasteiger partial charge on any atom is -0.313 e. The molecule has 0 radical (unpaired) electrons. The average molecular weight is 239 g/mol. The molecular formula is C14H29N3. The summed E-state index contributed by atoms with van der Waals surface area (Å²) >= 11 is 0. The van der Waals surface area contributed by atoms with Gasteiger partial charge in [-0.3, -0.25) is 9.80 Å². The molecule has 1 saturated carbocycles. The van der Waals surface area contributed by atoms with Crippen molar-refractivity contribution in [1.82, 2.24) is 15.1 Å². The molecule has 0 bridgehead atoms. The molecule has 100 valence electrons. The van der Waals surface area contributed by atoms with Crippen LogP contribution in [0, 0.1) is 0 Å². The summed E-state index contributed by atoms with van der Waals surface area (Å²) in [6, 6.07) is 1.68. The molecule has 2 rings (SSSR count). The number of hydrogen-bond acceptors (Lipinski definition) is 3. The first-order chi connectivity index (χ1) is 8.33. The van der Waals surface area contributed by atoms with Gasteiger partial charge in [-0.15, -0.1) is 0 Å². The molecule has 1 saturated heterocycles. The van der Waals surface area contributed by atoms with Crippen molar-refractivity contribution in [2.45, 2.75) is 51.6 Å². The lowest BCUT2D eigenvalue weighted by molar-refractivity contribution is 0.126. The van der Waals surface area contributed by atoms with Gasteiger partial charge in [0.15, 0.2) is 0 Å². The Morgan fingerprint density at radius 3 is 2.24 bits per heavy atom. The second-order valence-electron chi connectivity index (χ2n) is 5.58. The van der Waals surface area contributed by atoms with Crippen LogP contribution >= 0.6 is 0 Å². The van der Waals surface area contributed by atoms with E-state index in [9.17, 15) is 0 Å². The Kier molecular flexibility index (Phi) is 5.26. The Balaban J connectivity index is 1.54. The molecule has 0 amide bonds. The maximum absolute atomic E-state index is 3.66. The zero-order valence-corrected chi connectivity index (χ0v) is 11.6. The molecule has 0 aromatic rings. The third-order valence-corrected chi connectivity index (χ3v) is 4.32. The number of nitrogens with zero attached hydrogens (tertiary/aromatic N) is 2. The quantitative estimate of drug-likeness (QED) is 0.727. The number of piperazine rings is 1. The molecule has 3 nitrogen and oxygen atoms in total. The van der Waals surface area contributed by atoms with Gasteiger partial charge >= 0.3 is 0 Å². The van der Waals surface area contributed by atoms with E-state index in [1.54, 1.807) is 0 Å². The van der Waals surface area contributed by atoms with Gasteiger partial charge in [-0.1, -0.05) is 13.8 Å². The van der Waals surface area contributed by atoms with E-state index < -0.39 is 0 Å². The monoisotopic (exact) mass is 239 g/mol. The standard InChI is InChI=1S/C14H29N3/c1-3-13(4-2)15-7-8-16-9-11-17(12-10-16)14-5-6-14/h13-15H,3-12H2,1-2H3. The molecule has 1 aliphatic carbocycles. The number of nitrogens with one attached hydrogen (secondary N) is 1. The van der Waals surface area contributed by atoms with Gasteiger partial charge in [-0.2, -0.15) is 0 Å². The fraction of sp³-hybridized carbons (Fsp3) is 1.00. The molecule has 1 aliphatic heterocycles. The van der Waals surface area contributed by atoms with Crippen LogP contribution in [-0.4, -0.2) is 61.2 Å². The SMILES string of the molecule is CCC(CC)NCCN1CCN(C2CC2)CC1. The first kappa shape index (κ1) is 13.3. The third kappa shape index (κ3) is 4.23. The van der Waals surface area contributed by atoms with Crippen molar-refractivity contribution < 1.29 is 0 Å². The molecule has 0 aromatic carbocycles. The van der Waals surface area contributed by atoms with Crippen LogP contribution in [0.4, 0.5) is 0 Å². The minimum absolute atomic E-state index is 0.725. The topological polar surface area (TPSA) is 18.5 Å². The van der Waals surface area contributed by atoms with Crippen LogP contribution in [0.5, 0.6) is 0 Å². The summed E-state index contributed by atoms with van der Waals surface area (Å²) in [7, 11) is 0. The van der Waals surface area contributed by atoms with Crippen molar-refractivity contribution in [3.8, 4) is 0 Å². The van der Waals surface area contributed by atoms with Gasteiger partial charge in [-0.05, 0) is 25.7 Å². The summed E-state index contributed by atoms with van der Waals surface area (Å²) < 4.78 is 0. The molecular weight excluding hydrogens is 210 g/mol. The van der Waals surface area contributed by atoms with Crippen molar-refractivity contribution in [1.29, 1.82) is 0 Å². The van der Waals surface area contributed by atoms with Gasteiger partial charge in [0.2, 0.25) is 0 Å². The molecule has 1 N–H and O–H groups in total. The van der Waals surface area contributed by atoms with Crippen LogP contribution in [0.25, 0.3) is 0 Å². The highest BCUT2D eigenvalue weighted by molar-refractivity contribution is 4.87. The first-order valence-corrected chi connectivity index (χ1v) is 7.53. The molecule has 1 heterocycles. The highest BCUT2D eigenvalue weighted by atomic mass is 15.3. The molecule has 17 heavy (non-hydrogen) atoms. The van der Waals surface area contributed by atoms with Crippen molar-refractivity contribution in [2.75, 3.05) is 39.3 Å². The number of hydrogen-bond donors (Lipinski definition) is 1. The Hall–Kier alpha value is -0.120. The van der Waals surface area contributed by atoms with Crippen LogP contribution in [-0.2, 0) is 0 Å². The molecule has 2 fully saturated rings. The van der Waals surface area contributed by atoms with Crippen LogP contribution in [0.2, 0.25) is 0 Å². The molecule has 0 atom stereocenters. The zero-order chi connectivity index (χ0) is 12.1. The summed E-state index contributed by atoms with van der Waals surface area (Å²) in [5, 5.41) is 3.66. The average Bonchev–Trinajstić information content (AvgIpc) is 3.20. The maximum atomic E-state index is 3.66. The smallest absolute Gasteiger partial charge is 0.0113 e. The van der Waals surface area contributed by atoms with E-state index in [0.29, 0.717) is 0 Å². The van der Waals surface area contributed by atoms with Crippen LogP contribution < -0.4 is 5.32 Å². The predicted molar refractivity (Wildman–Crippen MR) is 73.4 cm³/mol. The van der Waals surface area contributed by atoms with E-state index in [2.05, 4.69) is 29.0 Å². The summed E-state index contributed by atoms with van der Waals surface area (Å²) in [5.41, 5.74) is 0. The third-order valence-electron chi connectivity index (χ3n) is 4.32. The number of rotatable bonds is 7. The first-order valence-electron chi connectivity index (χ1n) is 7.53. The van der Waals surface area contributed by atoms with Crippen molar-refractivity contribution in [2.24, 2.45) is 0 Å². The van der Waals surface area contributed by atoms with E-state index in [0.717, 1.165) is 18.6 Å². The summed E-state index contributed by atoms with van der Waals surface area (Å²) in [6.45, 7) is 12.1. The van der Waals surface area contributed by atoms with Gasteiger partial charge < -0.3 is 5.32 Å².